The molecule has 94 valence electrons. The highest BCUT2D eigenvalue weighted by Gasteiger charge is 2.15. The van der Waals surface area contributed by atoms with Gasteiger partial charge in [-0.3, -0.25) is 10.3 Å². The minimum atomic E-state index is -1.26. The standard InChI is InChI=1S/C11H22N2O3/c1-4-7-9(12-5-2)8-13-10(14)11(15)16-6-3/h10,13-14H,4-8H2,1-3H3. The van der Waals surface area contributed by atoms with Gasteiger partial charge < -0.3 is 9.84 Å². The molecule has 0 amide bonds. The summed E-state index contributed by atoms with van der Waals surface area (Å²) in [5.74, 6) is -0.644. The fourth-order valence-corrected chi connectivity index (χ4v) is 1.25. The molecule has 0 radical (unpaired) electrons. The average molecular weight is 230 g/mol. The number of rotatable bonds is 8. The van der Waals surface area contributed by atoms with Crippen LogP contribution in [0.4, 0.5) is 0 Å². The Labute approximate surface area is 96.9 Å². The van der Waals surface area contributed by atoms with Crippen LogP contribution in [0.2, 0.25) is 0 Å². The van der Waals surface area contributed by atoms with E-state index in [0.717, 1.165) is 18.6 Å². The van der Waals surface area contributed by atoms with E-state index in [2.05, 4.69) is 22.0 Å². The molecule has 1 atom stereocenters. The average Bonchev–Trinajstić information content (AvgIpc) is 2.26. The summed E-state index contributed by atoms with van der Waals surface area (Å²) in [5, 5.41) is 12.1. The Morgan fingerprint density at radius 1 is 1.44 bits per heavy atom. The van der Waals surface area contributed by atoms with E-state index in [1.54, 1.807) is 6.92 Å². The first-order valence-corrected chi connectivity index (χ1v) is 5.75. The number of nitrogens with one attached hydrogen (secondary N) is 1. The number of carbonyl (C=O) groups is 1. The molecule has 0 saturated heterocycles. The maximum Gasteiger partial charge on any atom is 0.350 e. The molecule has 0 aromatic rings. The normalized spacial score (nSPS) is 13.6. The second-order valence-electron chi connectivity index (χ2n) is 3.33. The summed E-state index contributed by atoms with van der Waals surface area (Å²) in [7, 11) is 0. The number of aliphatic hydroxyl groups is 1. The molecule has 0 aromatic carbocycles. The second kappa shape index (κ2) is 9.30. The minimum Gasteiger partial charge on any atom is -0.463 e. The Morgan fingerprint density at radius 2 is 2.12 bits per heavy atom. The van der Waals surface area contributed by atoms with Crippen molar-refractivity contribution in [3.63, 3.8) is 0 Å². The minimum absolute atomic E-state index is 0.266. The fourth-order valence-electron chi connectivity index (χ4n) is 1.25. The molecule has 16 heavy (non-hydrogen) atoms. The van der Waals surface area contributed by atoms with E-state index in [1.807, 2.05) is 6.92 Å². The van der Waals surface area contributed by atoms with Gasteiger partial charge in [-0.2, -0.15) is 0 Å². The van der Waals surface area contributed by atoms with Gasteiger partial charge in [-0.1, -0.05) is 13.3 Å². The van der Waals surface area contributed by atoms with Gasteiger partial charge >= 0.3 is 5.97 Å². The Morgan fingerprint density at radius 3 is 2.62 bits per heavy atom. The summed E-state index contributed by atoms with van der Waals surface area (Å²) in [6.45, 7) is 7.12. The number of hydrogen-bond acceptors (Lipinski definition) is 5. The molecule has 0 aliphatic heterocycles. The molecule has 5 nitrogen and oxygen atoms in total. The van der Waals surface area contributed by atoms with Gasteiger partial charge in [-0.05, 0) is 20.3 Å². The van der Waals surface area contributed by atoms with Crippen LogP contribution < -0.4 is 5.32 Å². The molecule has 2 N–H and O–H groups in total. The third kappa shape index (κ3) is 6.53. The van der Waals surface area contributed by atoms with Crippen molar-refractivity contribution in [2.45, 2.75) is 39.8 Å². The van der Waals surface area contributed by atoms with E-state index in [1.165, 1.54) is 0 Å². The largest absolute Gasteiger partial charge is 0.463 e. The van der Waals surface area contributed by atoms with Crippen molar-refractivity contribution in [3.8, 4) is 0 Å². The van der Waals surface area contributed by atoms with Crippen LogP contribution in [0.15, 0.2) is 4.99 Å². The predicted molar refractivity (Wildman–Crippen MR) is 63.5 cm³/mol. The number of nitrogens with zero attached hydrogens (tertiary/aromatic N) is 1. The molecule has 0 saturated carbocycles. The second-order valence-corrected chi connectivity index (χ2v) is 3.33. The fraction of sp³-hybridized carbons (Fsp3) is 0.818. The van der Waals surface area contributed by atoms with Crippen LogP contribution in [0.1, 0.15) is 33.6 Å². The van der Waals surface area contributed by atoms with Gasteiger partial charge in [0.15, 0.2) is 0 Å². The molecule has 0 rings (SSSR count). The number of aliphatic imine (C=N–C) groups is 1. The molecule has 0 aliphatic rings. The van der Waals surface area contributed by atoms with Crippen molar-refractivity contribution in [2.24, 2.45) is 4.99 Å². The zero-order valence-corrected chi connectivity index (χ0v) is 10.3. The van der Waals surface area contributed by atoms with Crippen molar-refractivity contribution in [1.29, 1.82) is 0 Å². The summed E-state index contributed by atoms with van der Waals surface area (Å²) >= 11 is 0. The smallest absolute Gasteiger partial charge is 0.350 e. The monoisotopic (exact) mass is 230 g/mol. The van der Waals surface area contributed by atoms with Crippen LogP contribution in [0.25, 0.3) is 0 Å². The van der Waals surface area contributed by atoms with E-state index < -0.39 is 12.2 Å². The van der Waals surface area contributed by atoms with E-state index in [9.17, 15) is 9.90 Å². The first kappa shape index (κ1) is 15.1. The predicted octanol–water partition coefficient (Wildman–Crippen LogP) is 0.719. The van der Waals surface area contributed by atoms with Crippen molar-refractivity contribution >= 4 is 11.7 Å². The van der Waals surface area contributed by atoms with Crippen LogP contribution >= 0.6 is 0 Å². The lowest BCUT2D eigenvalue weighted by atomic mass is 10.2. The molecule has 0 bridgehead atoms. The van der Waals surface area contributed by atoms with E-state index in [4.69, 9.17) is 0 Å². The highest BCUT2D eigenvalue weighted by atomic mass is 16.5. The highest BCUT2D eigenvalue weighted by Crippen LogP contribution is 1.93. The van der Waals surface area contributed by atoms with E-state index in [0.29, 0.717) is 13.1 Å². The van der Waals surface area contributed by atoms with Crippen LogP contribution in [0.5, 0.6) is 0 Å². The Hall–Kier alpha value is -0.940. The Bertz CT molecular complexity index is 229. The maximum absolute atomic E-state index is 11.1. The van der Waals surface area contributed by atoms with Gasteiger partial charge in [0, 0.05) is 18.8 Å². The van der Waals surface area contributed by atoms with Crippen molar-refractivity contribution in [2.75, 3.05) is 19.7 Å². The third-order valence-corrected chi connectivity index (χ3v) is 1.93. The molecule has 0 spiro atoms. The molecule has 0 aliphatic carbocycles. The lowest BCUT2D eigenvalue weighted by Crippen LogP contribution is -2.40. The van der Waals surface area contributed by atoms with Crippen LogP contribution in [-0.4, -0.2) is 42.7 Å². The third-order valence-electron chi connectivity index (χ3n) is 1.93. The van der Waals surface area contributed by atoms with Gasteiger partial charge in [0.2, 0.25) is 6.23 Å². The quantitative estimate of drug-likeness (QED) is 0.366. The van der Waals surface area contributed by atoms with Crippen LogP contribution in [-0.2, 0) is 9.53 Å². The number of ether oxygens (including phenoxy) is 1. The van der Waals surface area contributed by atoms with Crippen LogP contribution in [0.3, 0.4) is 0 Å². The lowest BCUT2D eigenvalue weighted by Gasteiger charge is -2.12. The Balaban J connectivity index is 4.00. The maximum atomic E-state index is 11.1. The van der Waals surface area contributed by atoms with Crippen LogP contribution in [0, 0.1) is 0 Å². The van der Waals surface area contributed by atoms with Crippen molar-refractivity contribution < 1.29 is 14.6 Å². The van der Waals surface area contributed by atoms with Gasteiger partial charge in [-0.25, -0.2) is 4.79 Å². The van der Waals surface area contributed by atoms with Gasteiger partial charge in [0.25, 0.3) is 0 Å². The SMILES string of the molecule is CCCC(CNC(O)C(=O)OCC)=NCC. The molecule has 0 aromatic heterocycles. The number of aliphatic hydroxyl groups excluding tert-OH is 1. The van der Waals surface area contributed by atoms with Gasteiger partial charge in [0.1, 0.15) is 0 Å². The van der Waals surface area contributed by atoms with E-state index >= 15 is 0 Å². The summed E-state index contributed by atoms with van der Waals surface area (Å²) in [6.07, 6.45) is 0.603. The first-order chi connectivity index (χ1) is 7.65. The summed E-state index contributed by atoms with van der Waals surface area (Å²) in [6, 6.07) is 0. The summed E-state index contributed by atoms with van der Waals surface area (Å²) in [5.41, 5.74) is 0.966. The van der Waals surface area contributed by atoms with Crippen molar-refractivity contribution in [1.82, 2.24) is 5.32 Å². The van der Waals surface area contributed by atoms with Gasteiger partial charge in [-0.15, -0.1) is 0 Å². The van der Waals surface area contributed by atoms with Crippen molar-refractivity contribution in [3.05, 3.63) is 0 Å². The summed E-state index contributed by atoms with van der Waals surface area (Å²) in [4.78, 5) is 15.4. The first-order valence-electron chi connectivity index (χ1n) is 5.75. The number of carbonyl (C=O) groups excluding carboxylic acids is 1. The molecule has 0 heterocycles. The summed E-state index contributed by atoms with van der Waals surface area (Å²) < 4.78 is 4.66. The molecular weight excluding hydrogens is 208 g/mol. The zero-order chi connectivity index (χ0) is 12.4. The molecule has 1 unspecified atom stereocenters. The van der Waals surface area contributed by atoms with Gasteiger partial charge in [0.05, 0.1) is 6.61 Å². The topological polar surface area (TPSA) is 70.9 Å². The zero-order valence-electron chi connectivity index (χ0n) is 10.3. The number of esters is 1. The Kier molecular flexibility index (Phi) is 8.75. The highest BCUT2D eigenvalue weighted by molar-refractivity contribution is 5.87. The lowest BCUT2D eigenvalue weighted by molar-refractivity contribution is -0.154. The van der Waals surface area contributed by atoms with E-state index in [-0.39, 0.29) is 6.61 Å². The molecule has 5 heteroatoms. The molecule has 0 fully saturated rings. The molecular formula is C11H22N2O3. The number of hydrogen-bond donors (Lipinski definition) is 2.